The van der Waals surface area contributed by atoms with E-state index >= 15 is 0 Å². The Morgan fingerprint density at radius 3 is 2.41 bits per heavy atom. The summed E-state index contributed by atoms with van der Waals surface area (Å²) in [4.78, 5) is 33.0. The van der Waals surface area contributed by atoms with Gasteiger partial charge in [0.25, 0.3) is 0 Å². The summed E-state index contributed by atoms with van der Waals surface area (Å²) < 4.78 is 11.1. The van der Waals surface area contributed by atoms with Gasteiger partial charge < -0.3 is 24.9 Å². The summed E-state index contributed by atoms with van der Waals surface area (Å²) in [6.45, 7) is 1.76. The fourth-order valence-electron chi connectivity index (χ4n) is 4.47. The second-order valence-corrected chi connectivity index (χ2v) is 9.02. The van der Waals surface area contributed by atoms with Crippen molar-refractivity contribution < 1.29 is 23.8 Å². The SMILES string of the molecule is CCOC(=O)/C=C/C(=O)Nc1cccc(-c2c(-c3ccccc3)oc3ncnc(N[C@H](CO)c4ccccc4)c23)c1. The number of carbonyl (C=O) groups is 2. The molecule has 1 atom stereocenters. The van der Waals surface area contributed by atoms with E-state index in [-0.39, 0.29) is 13.2 Å². The Hall–Kier alpha value is -5.28. The topological polar surface area (TPSA) is 127 Å². The summed E-state index contributed by atoms with van der Waals surface area (Å²) in [6, 6.07) is 26.1. The molecule has 0 aliphatic heterocycles. The van der Waals surface area contributed by atoms with Crippen LogP contribution in [0.15, 0.2) is 108 Å². The lowest BCUT2D eigenvalue weighted by molar-refractivity contribution is -0.137. The van der Waals surface area contributed by atoms with Crippen molar-refractivity contribution in [1.29, 1.82) is 0 Å². The van der Waals surface area contributed by atoms with Gasteiger partial charge >= 0.3 is 5.97 Å². The van der Waals surface area contributed by atoms with E-state index in [2.05, 4.69) is 20.6 Å². The number of amides is 1. The summed E-state index contributed by atoms with van der Waals surface area (Å²) in [5, 5.41) is 17.0. The summed E-state index contributed by atoms with van der Waals surface area (Å²) in [6.07, 6.45) is 3.62. The van der Waals surface area contributed by atoms with Gasteiger partial charge in [0.2, 0.25) is 11.6 Å². The zero-order valence-corrected chi connectivity index (χ0v) is 22.3. The molecule has 5 aromatic rings. The third-order valence-corrected chi connectivity index (χ3v) is 6.30. The quantitative estimate of drug-likeness (QED) is 0.149. The van der Waals surface area contributed by atoms with Crippen molar-refractivity contribution in [2.75, 3.05) is 23.8 Å². The number of nitrogens with one attached hydrogen (secondary N) is 2. The number of furan rings is 1. The van der Waals surface area contributed by atoms with Crippen LogP contribution in [0.1, 0.15) is 18.5 Å². The van der Waals surface area contributed by atoms with Gasteiger partial charge in [-0.1, -0.05) is 72.8 Å². The van der Waals surface area contributed by atoms with Crippen molar-refractivity contribution in [3.05, 3.63) is 109 Å². The molecule has 0 unspecified atom stereocenters. The molecule has 0 aliphatic rings. The van der Waals surface area contributed by atoms with Crippen LogP contribution in [0.25, 0.3) is 33.6 Å². The molecular weight excluding hydrogens is 520 g/mol. The Labute approximate surface area is 236 Å². The maximum atomic E-state index is 12.5. The minimum Gasteiger partial charge on any atom is -0.463 e. The number of esters is 1. The van der Waals surface area contributed by atoms with E-state index < -0.39 is 17.9 Å². The third-order valence-electron chi connectivity index (χ3n) is 6.30. The molecular formula is C32H28N4O5. The smallest absolute Gasteiger partial charge is 0.330 e. The molecule has 0 bridgehead atoms. The molecule has 0 spiro atoms. The normalized spacial score (nSPS) is 11.9. The van der Waals surface area contributed by atoms with Crippen molar-refractivity contribution in [1.82, 2.24) is 9.97 Å². The number of aromatic nitrogens is 2. The molecule has 0 saturated carbocycles. The van der Waals surface area contributed by atoms with Gasteiger partial charge in [-0.2, -0.15) is 0 Å². The van der Waals surface area contributed by atoms with Gasteiger partial charge in [-0.3, -0.25) is 4.79 Å². The second-order valence-electron chi connectivity index (χ2n) is 9.02. The van der Waals surface area contributed by atoms with E-state index in [9.17, 15) is 14.7 Å². The first-order valence-corrected chi connectivity index (χ1v) is 13.1. The van der Waals surface area contributed by atoms with Crippen molar-refractivity contribution >= 4 is 34.5 Å². The monoisotopic (exact) mass is 548 g/mol. The minimum atomic E-state index is -0.592. The summed E-state index contributed by atoms with van der Waals surface area (Å²) in [7, 11) is 0. The number of aliphatic hydroxyl groups excluding tert-OH is 1. The van der Waals surface area contributed by atoms with Crippen LogP contribution in [-0.4, -0.2) is 40.2 Å². The van der Waals surface area contributed by atoms with Gasteiger partial charge in [0.15, 0.2) is 0 Å². The van der Waals surface area contributed by atoms with E-state index in [1.807, 2.05) is 78.9 Å². The fourth-order valence-corrected chi connectivity index (χ4v) is 4.47. The van der Waals surface area contributed by atoms with E-state index in [1.54, 1.807) is 13.0 Å². The van der Waals surface area contributed by atoms with E-state index in [0.29, 0.717) is 28.4 Å². The van der Waals surface area contributed by atoms with Crippen LogP contribution in [0.3, 0.4) is 0 Å². The predicted molar refractivity (Wildman–Crippen MR) is 157 cm³/mol. The molecule has 206 valence electrons. The summed E-state index contributed by atoms with van der Waals surface area (Å²) in [5.74, 6) is 0.00102. The molecule has 3 aromatic carbocycles. The van der Waals surface area contributed by atoms with Crippen LogP contribution in [0, 0.1) is 0 Å². The maximum Gasteiger partial charge on any atom is 0.330 e. The van der Waals surface area contributed by atoms with Gasteiger partial charge in [0.05, 0.1) is 24.6 Å². The largest absolute Gasteiger partial charge is 0.463 e. The van der Waals surface area contributed by atoms with Crippen LogP contribution in [0.4, 0.5) is 11.5 Å². The number of benzene rings is 3. The molecule has 1 amide bonds. The molecule has 9 heteroatoms. The molecule has 41 heavy (non-hydrogen) atoms. The highest BCUT2D eigenvalue weighted by Gasteiger charge is 2.24. The summed E-state index contributed by atoms with van der Waals surface area (Å²) in [5.41, 5.74) is 4.08. The van der Waals surface area contributed by atoms with Crippen LogP contribution in [0.2, 0.25) is 0 Å². The van der Waals surface area contributed by atoms with Crippen molar-refractivity contribution in [2.45, 2.75) is 13.0 Å². The van der Waals surface area contributed by atoms with Gasteiger partial charge in [-0.25, -0.2) is 14.8 Å². The van der Waals surface area contributed by atoms with Gasteiger partial charge in [0, 0.05) is 29.0 Å². The van der Waals surface area contributed by atoms with Crippen molar-refractivity contribution in [3.63, 3.8) is 0 Å². The highest BCUT2D eigenvalue weighted by Crippen LogP contribution is 2.43. The second kappa shape index (κ2) is 12.7. The van der Waals surface area contributed by atoms with Crippen LogP contribution >= 0.6 is 0 Å². The number of carbonyl (C=O) groups excluding carboxylic acids is 2. The first kappa shape index (κ1) is 27.3. The van der Waals surface area contributed by atoms with E-state index in [1.165, 1.54) is 6.33 Å². The van der Waals surface area contributed by atoms with Crippen LogP contribution in [-0.2, 0) is 14.3 Å². The number of aliphatic hydroxyl groups is 1. The lowest BCUT2D eigenvalue weighted by atomic mass is 9.98. The molecule has 2 aromatic heterocycles. The standard InChI is InChI=1S/C32H28N4O5/c1-2-40-27(39)17-16-26(38)35-24-15-9-14-23(18-24)28-29-31(36-25(19-37)21-10-5-3-6-11-21)33-20-34-32(29)41-30(28)22-12-7-4-8-13-22/h3-18,20,25,37H,2,19H2,1H3,(H,35,38)(H,33,34,36)/b17-16+/t25-/m1/s1. The molecule has 0 fully saturated rings. The number of anilines is 2. The van der Waals surface area contributed by atoms with Crippen molar-refractivity contribution in [3.8, 4) is 22.5 Å². The Balaban J connectivity index is 1.59. The van der Waals surface area contributed by atoms with Gasteiger partial charge in [-0.05, 0) is 30.2 Å². The Morgan fingerprint density at radius 1 is 0.951 bits per heavy atom. The number of nitrogens with zero attached hydrogens (tertiary/aromatic N) is 2. The lowest BCUT2D eigenvalue weighted by Gasteiger charge is -2.18. The number of hydrogen-bond acceptors (Lipinski definition) is 8. The Bertz CT molecular complexity index is 1680. The number of ether oxygens (including phenoxy) is 1. The zero-order valence-electron chi connectivity index (χ0n) is 22.3. The number of rotatable bonds is 10. The third kappa shape index (κ3) is 6.32. The Morgan fingerprint density at radius 2 is 1.68 bits per heavy atom. The first-order valence-electron chi connectivity index (χ1n) is 13.1. The molecule has 0 saturated heterocycles. The maximum absolute atomic E-state index is 12.5. The fraction of sp³-hybridized carbons (Fsp3) is 0.125. The number of hydrogen-bond donors (Lipinski definition) is 3. The molecule has 0 radical (unpaired) electrons. The van der Waals surface area contributed by atoms with Crippen LogP contribution < -0.4 is 10.6 Å². The van der Waals surface area contributed by atoms with Gasteiger partial charge in [-0.15, -0.1) is 0 Å². The lowest BCUT2D eigenvalue weighted by Crippen LogP contribution is -2.16. The van der Waals surface area contributed by atoms with Gasteiger partial charge in [0.1, 0.15) is 17.9 Å². The average Bonchev–Trinajstić information content (AvgIpc) is 3.41. The molecule has 5 rings (SSSR count). The van der Waals surface area contributed by atoms with Crippen molar-refractivity contribution in [2.24, 2.45) is 0 Å². The molecule has 2 heterocycles. The van der Waals surface area contributed by atoms with E-state index in [0.717, 1.165) is 34.4 Å². The first-order chi connectivity index (χ1) is 20.1. The predicted octanol–water partition coefficient (Wildman–Crippen LogP) is 5.76. The highest BCUT2D eigenvalue weighted by atomic mass is 16.5. The van der Waals surface area contributed by atoms with Crippen LogP contribution in [0.5, 0.6) is 0 Å². The van der Waals surface area contributed by atoms with E-state index in [4.69, 9.17) is 9.15 Å². The minimum absolute atomic E-state index is 0.158. The summed E-state index contributed by atoms with van der Waals surface area (Å²) >= 11 is 0. The zero-order chi connectivity index (χ0) is 28.6. The molecule has 3 N–H and O–H groups in total. The highest BCUT2D eigenvalue weighted by molar-refractivity contribution is 6.07. The molecule has 9 nitrogen and oxygen atoms in total. The Kier molecular flexibility index (Phi) is 8.46. The molecule has 0 aliphatic carbocycles. The average molecular weight is 549 g/mol. The number of fused-ring (bicyclic) bond motifs is 1.